The first-order valence-corrected chi connectivity index (χ1v) is 11.2. The van der Waals surface area contributed by atoms with Gasteiger partial charge in [0, 0.05) is 30.2 Å². The second-order valence-corrected chi connectivity index (χ2v) is 9.41. The lowest BCUT2D eigenvalue weighted by Crippen LogP contribution is -2.34. The van der Waals surface area contributed by atoms with Crippen LogP contribution < -0.4 is 5.32 Å². The molecule has 1 atom stereocenters. The zero-order valence-corrected chi connectivity index (χ0v) is 17.0. The molecule has 1 N–H and O–H groups in total. The summed E-state index contributed by atoms with van der Waals surface area (Å²) in [6.45, 7) is 4.10. The Morgan fingerprint density at radius 1 is 1.28 bits per heavy atom. The summed E-state index contributed by atoms with van der Waals surface area (Å²) in [6, 6.07) is 5.83. The van der Waals surface area contributed by atoms with Crippen molar-refractivity contribution < 1.29 is 9.59 Å². The molecule has 0 bridgehead atoms. The van der Waals surface area contributed by atoms with E-state index in [2.05, 4.69) is 5.32 Å². The fraction of sp³-hybridized carbons (Fsp3) is 0.579. The Balaban J connectivity index is 1.68. The van der Waals surface area contributed by atoms with Crippen molar-refractivity contribution in [3.63, 3.8) is 0 Å². The lowest BCUT2D eigenvalue weighted by Gasteiger charge is -2.18. The molecule has 138 valence electrons. The number of nitrogens with zero attached hydrogens (tertiary/aromatic N) is 1. The van der Waals surface area contributed by atoms with Gasteiger partial charge in [-0.2, -0.15) is 0 Å². The van der Waals surface area contributed by atoms with Crippen LogP contribution in [0, 0.1) is 13.8 Å². The molecule has 0 aliphatic carbocycles. The van der Waals surface area contributed by atoms with E-state index in [1.165, 1.54) is 23.5 Å². The number of amides is 2. The van der Waals surface area contributed by atoms with Crippen LogP contribution in [0.3, 0.4) is 0 Å². The molecule has 1 aliphatic rings. The van der Waals surface area contributed by atoms with Crippen molar-refractivity contribution in [3.8, 4) is 0 Å². The van der Waals surface area contributed by atoms with E-state index in [1.807, 2.05) is 53.6 Å². The number of hydrogen-bond acceptors (Lipinski definition) is 4. The highest BCUT2D eigenvalue weighted by molar-refractivity contribution is 8.77. The molecule has 0 unspecified atom stereocenters. The van der Waals surface area contributed by atoms with Crippen molar-refractivity contribution in [2.75, 3.05) is 24.7 Å². The van der Waals surface area contributed by atoms with Crippen molar-refractivity contribution in [3.05, 3.63) is 29.3 Å². The van der Waals surface area contributed by atoms with Gasteiger partial charge in [-0.1, -0.05) is 40.1 Å². The largest absolute Gasteiger partial charge is 0.336 e. The summed E-state index contributed by atoms with van der Waals surface area (Å²) < 4.78 is 0. The molecule has 1 aromatic carbocycles. The van der Waals surface area contributed by atoms with Gasteiger partial charge in [-0.15, -0.1) is 0 Å². The summed E-state index contributed by atoms with van der Waals surface area (Å²) >= 11 is 0. The van der Waals surface area contributed by atoms with Gasteiger partial charge in [-0.3, -0.25) is 9.59 Å². The Hall–Kier alpha value is -1.14. The zero-order chi connectivity index (χ0) is 18.2. The molecular formula is C19H28N2O2S2. The lowest BCUT2D eigenvalue weighted by molar-refractivity contribution is -0.133. The minimum absolute atomic E-state index is 0.0459. The highest BCUT2D eigenvalue weighted by Gasteiger charge is 2.17. The number of unbranched alkanes of at least 4 members (excludes halogenated alkanes) is 1. The normalized spacial score (nSPS) is 16.7. The van der Waals surface area contributed by atoms with E-state index in [0.29, 0.717) is 6.42 Å². The number of anilines is 1. The smallest absolute Gasteiger partial charge is 0.243 e. The van der Waals surface area contributed by atoms with Crippen molar-refractivity contribution >= 4 is 39.1 Å². The van der Waals surface area contributed by atoms with E-state index in [-0.39, 0.29) is 18.4 Å². The minimum atomic E-state index is -0.149. The lowest BCUT2D eigenvalue weighted by atomic mass is 10.1. The van der Waals surface area contributed by atoms with Crippen LogP contribution in [-0.2, 0) is 9.59 Å². The summed E-state index contributed by atoms with van der Waals surface area (Å²) in [5.41, 5.74) is 3.02. The predicted octanol–water partition coefficient (Wildman–Crippen LogP) is 4.41. The zero-order valence-electron chi connectivity index (χ0n) is 15.3. The molecule has 6 heteroatoms. The Labute approximate surface area is 158 Å². The summed E-state index contributed by atoms with van der Waals surface area (Å²) in [5, 5.41) is 3.67. The molecule has 0 spiro atoms. The second-order valence-electron chi connectivity index (χ2n) is 6.62. The summed E-state index contributed by atoms with van der Waals surface area (Å²) in [5.74, 6) is 1.15. The third-order valence-corrected chi connectivity index (χ3v) is 7.59. The molecule has 1 heterocycles. The van der Waals surface area contributed by atoms with Crippen LogP contribution in [-0.4, -0.2) is 41.3 Å². The Morgan fingerprint density at radius 3 is 2.80 bits per heavy atom. The first kappa shape index (κ1) is 20.2. The van der Waals surface area contributed by atoms with Gasteiger partial charge in [0.15, 0.2) is 0 Å². The quantitative estimate of drug-likeness (QED) is 0.536. The summed E-state index contributed by atoms with van der Waals surface area (Å²) in [4.78, 5) is 25.9. The van der Waals surface area contributed by atoms with Crippen LogP contribution in [0.15, 0.2) is 18.2 Å². The van der Waals surface area contributed by atoms with E-state index in [4.69, 9.17) is 0 Å². The minimum Gasteiger partial charge on any atom is -0.336 e. The van der Waals surface area contributed by atoms with Crippen molar-refractivity contribution in [1.29, 1.82) is 0 Å². The second kappa shape index (κ2) is 10.1. The number of hydrogen-bond donors (Lipinski definition) is 1. The molecule has 25 heavy (non-hydrogen) atoms. The maximum Gasteiger partial charge on any atom is 0.243 e. The Kier molecular flexibility index (Phi) is 8.16. The monoisotopic (exact) mass is 380 g/mol. The molecule has 4 nitrogen and oxygen atoms in total. The SMILES string of the molecule is Cc1cccc(NC(=O)CN(C)C(=O)CCCC[C@@H]2CCSS2)c1C. The molecule has 1 aliphatic heterocycles. The molecule has 1 fully saturated rings. The van der Waals surface area contributed by atoms with Gasteiger partial charge in [0.1, 0.15) is 0 Å². The van der Waals surface area contributed by atoms with Crippen LogP contribution in [0.25, 0.3) is 0 Å². The molecule has 0 radical (unpaired) electrons. The van der Waals surface area contributed by atoms with Gasteiger partial charge in [-0.25, -0.2) is 0 Å². The highest BCUT2D eigenvalue weighted by atomic mass is 33.1. The third kappa shape index (κ3) is 6.59. The Morgan fingerprint density at radius 2 is 2.08 bits per heavy atom. The third-order valence-electron chi connectivity index (χ3n) is 4.58. The van der Waals surface area contributed by atoms with E-state index < -0.39 is 0 Å². The van der Waals surface area contributed by atoms with E-state index in [1.54, 1.807) is 7.05 Å². The van der Waals surface area contributed by atoms with Crippen LogP contribution in [0.2, 0.25) is 0 Å². The topological polar surface area (TPSA) is 49.4 Å². The highest BCUT2D eigenvalue weighted by Crippen LogP contribution is 2.39. The number of aryl methyl sites for hydroxylation is 1. The number of carbonyl (C=O) groups excluding carboxylic acids is 2. The number of benzene rings is 1. The molecule has 0 aromatic heterocycles. The molecule has 2 amide bonds. The summed E-state index contributed by atoms with van der Waals surface area (Å²) in [7, 11) is 5.65. The first-order chi connectivity index (χ1) is 12.0. The van der Waals surface area contributed by atoms with E-state index in [0.717, 1.165) is 34.9 Å². The number of carbonyl (C=O) groups is 2. The predicted molar refractivity (Wildman–Crippen MR) is 109 cm³/mol. The number of nitrogens with one attached hydrogen (secondary N) is 1. The molecule has 0 saturated carbocycles. The standard InChI is InChI=1S/C19H28N2O2S2/c1-14-7-6-9-17(15(14)2)20-18(22)13-21(3)19(23)10-5-4-8-16-11-12-24-25-16/h6-7,9,16H,4-5,8,10-13H2,1-3H3,(H,20,22)/t16-/m1/s1. The van der Waals surface area contributed by atoms with Crippen molar-refractivity contribution in [2.45, 2.75) is 51.2 Å². The van der Waals surface area contributed by atoms with Gasteiger partial charge < -0.3 is 10.2 Å². The fourth-order valence-corrected chi connectivity index (χ4v) is 5.81. The van der Waals surface area contributed by atoms with Gasteiger partial charge in [0.25, 0.3) is 0 Å². The Bertz CT molecular complexity index is 601. The van der Waals surface area contributed by atoms with Crippen LogP contribution >= 0.6 is 21.6 Å². The van der Waals surface area contributed by atoms with Crippen LogP contribution in [0.1, 0.15) is 43.2 Å². The van der Waals surface area contributed by atoms with Crippen LogP contribution in [0.4, 0.5) is 5.69 Å². The number of rotatable bonds is 8. The van der Waals surface area contributed by atoms with E-state index >= 15 is 0 Å². The number of likely N-dealkylation sites (N-methyl/N-ethyl adjacent to an activating group) is 1. The van der Waals surface area contributed by atoms with E-state index in [9.17, 15) is 9.59 Å². The van der Waals surface area contributed by atoms with Gasteiger partial charge in [0.2, 0.25) is 11.8 Å². The fourth-order valence-electron chi connectivity index (χ4n) is 2.78. The molecule has 2 rings (SSSR count). The van der Waals surface area contributed by atoms with Crippen molar-refractivity contribution in [1.82, 2.24) is 4.90 Å². The summed E-state index contributed by atoms with van der Waals surface area (Å²) in [6.07, 6.45) is 5.01. The average molecular weight is 381 g/mol. The maximum absolute atomic E-state index is 12.2. The molecule has 1 saturated heterocycles. The average Bonchev–Trinajstić information content (AvgIpc) is 3.09. The van der Waals surface area contributed by atoms with Gasteiger partial charge >= 0.3 is 0 Å². The molecular weight excluding hydrogens is 352 g/mol. The first-order valence-electron chi connectivity index (χ1n) is 8.85. The maximum atomic E-state index is 12.2. The molecule has 1 aromatic rings. The van der Waals surface area contributed by atoms with Gasteiger partial charge in [0.05, 0.1) is 6.54 Å². The van der Waals surface area contributed by atoms with Crippen LogP contribution in [0.5, 0.6) is 0 Å². The van der Waals surface area contributed by atoms with Crippen molar-refractivity contribution in [2.24, 2.45) is 0 Å². The van der Waals surface area contributed by atoms with Gasteiger partial charge in [-0.05, 0) is 50.3 Å².